The molecule has 0 aromatic heterocycles. The van der Waals surface area contributed by atoms with Gasteiger partial charge in [-0.1, -0.05) is 18.2 Å². The zero-order valence-electron chi connectivity index (χ0n) is 16.6. The van der Waals surface area contributed by atoms with Gasteiger partial charge in [0.2, 0.25) is 5.91 Å². The molecule has 2 fully saturated rings. The summed E-state index contributed by atoms with van der Waals surface area (Å²) in [4.78, 5) is 19.5. The lowest BCUT2D eigenvalue weighted by molar-refractivity contribution is -0.116. The Morgan fingerprint density at radius 2 is 2.07 bits per heavy atom. The van der Waals surface area contributed by atoms with Crippen LogP contribution in [0.3, 0.4) is 0 Å². The van der Waals surface area contributed by atoms with Crippen LogP contribution in [0.2, 0.25) is 0 Å². The van der Waals surface area contributed by atoms with Crippen molar-refractivity contribution in [3.05, 3.63) is 29.8 Å². The molecule has 2 atom stereocenters. The highest BCUT2D eigenvalue weighted by Gasteiger charge is 2.34. The van der Waals surface area contributed by atoms with Crippen molar-refractivity contribution in [1.29, 1.82) is 0 Å². The number of nitrogens with one attached hydrogen (secondary N) is 3. The van der Waals surface area contributed by atoms with Gasteiger partial charge < -0.3 is 20.9 Å². The third kappa shape index (κ3) is 5.37. The molecule has 154 valence electrons. The molecule has 1 amide bonds. The lowest BCUT2D eigenvalue weighted by Crippen LogP contribution is -2.41. The van der Waals surface area contributed by atoms with Crippen LogP contribution in [0.1, 0.15) is 44.1 Å². The Morgan fingerprint density at radius 1 is 1.25 bits per heavy atom. The van der Waals surface area contributed by atoms with Gasteiger partial charge in [-0.25, -0.2) is 0 Å². The van der Waals surface area contributed by atoms with Crippen LogP contribution in [0, 0.1) is 5.92 Å². The van der Waals surface area contributed by atoms with Crippen molar-refractivity contribution in [2.45, 2.75) is 44.6 Å². The molecular formula is C21H32IN5O. The predicted molar refractivity (Wildman–Crippen MR) is 125 cm³/mol. The minimum Gasteiger partial charge on any atom is -0.357 e. The van der Waals surface area contributed by atoms with Gasteiger partial charge >= 0.3 is 0 Å². The largest absolute Gasteiger partial charge is 0.357 e. The van der Waals surface area contributed by atoms with E-state index in [0.717, 1.165) is 37.3 Å². The van der Waals surface area contributed by atoms with E-state index in [4.69, 9.17) is 4.99 Å². The highest BCUT2D eigenvalue weighted by molar-refractivity contribution is 14.0. The number of likely N-dealkylation sites (tertiary alicyclic amines) is 1. The summed E-state index contributed by atoms with van der Waals surface area (Å²) >= 11 is 0. The van der Waals surface area contributed by atoms with Crippen molar-refractivity contribution in [3.63, 3.8) is 0 Å². The summed E-state index contributed by atoms with van der Waals surface area (Å²) in [6.45, 7) is 6.96. The monoisotopic (exact) mass is 497 g/mol. The second-order valence-electron chi connectivity index (χ2n) is 8.02. The Bertz CT molecular complexity index is 706. The number of benzene rings is 1. The summed E-state index contributed by atoms with van der Waals surface area (Å²) in [5, 5.41) is 9.79. The topological polar surface area (TPSA) is 68.8 Å². The number of hydrogen-bond acceptors (Lipinski definition) is 3. The quantitative estimate of drug-likeness (QED) is 0.321. The Kier molecular flexibility index (Phi) is 7.56. The number of carbonyl (C=O) groups is 1. The van der Waals surface area contributed by atoms with E-state index in [1.54, 1.807) is 0 Å². The summed E-state index contributed by atoms with van der Waals surface area (Å²) < 4.78 is 0. The number of para-hydroxylation sites is 1. The number of carbonyl (C=O) groups excluding carboxylic acids is 1. The van der Waals surface area contributed by atoms with Gasteiger partial charge in [0.1, 0.15) is 0 Å². The molecule has 0 bridgehead atoms. The molecule has 1 saturated heterocycles. The Labute approximate surface area is 184 Å². The van der Waals surface area contributed by atoms with Crippen LogP contribution in [0.5, 0.6) is 0 Å². The third-order valence-electron chi connectivity index (χ3n) is 5.85. The van der Waals surface area contributed by atoms with E-state index >= 15 is 0 Å². The lowest BCUT2D eigenvalue weighted by atomic mass is 9.90. The van der Waals surface area contributed by atoms with Crippen molar-refractivity contribution in [1.82, 2.24) is 15.5 Å². The van der Waals surface area contributed by atoms with Crippen molar-refractivity contribution in [2.24, 2.45) is 10.9 Å². The number of guanidine groups is 1. The van der Waals surface area contributed by atoms with Crippen LogP contribution in [0.4, 0.5) is 5.69 Å². The molecule has 0 spiro atoms. The van der Waals surface area contributed by atoms with E-state index in [0.29, 0.717) is 12.3 Å². The minimum absolute atomic E-state index is 0. The fraction of sp³-hybridized carbons (Fsp3) is 0.619. The second kappa shape index (κ2) is 9.91. The Balaban J connectivity index is 0.00000225. The standard InChI is InChI=1S/C21H31N5O.HI/c1-2-22-21(23-12-15-9-10-26(14-15)17-7-8-17)24-13-16-11-20(27)25-19-6-4-3-5-18(16)19;/h3-6,15-17H,2,7-14H2,1H3,(H,25,27)(H2,22,23,24);1H. The van der Waals surface area contributed by atoms with E-state index < -0.39 is 0 Å². The number of rotatable bonds is 6. The van der Waals surface area contributed by atoms with Crippen molar-refractivity contribution >= 4 is 41.5 Å². The summed E-state index contributed by atoms with van der Waals surface area (Å²) in [6.07, 6.45) is 4.55. The summed E-state index contributed by atoms with van der Waals surface area (Å²) in [5.74, 6) is 1.80. The molecule has 4 rings (SSSR count). The molecule has 1 saturated carbocycles. The SMILES string of the molecule is CCNC(=NCC1CCN(C2CC2)C1)NCC1CC(=O)Nc2ccccc21.I. The van der Waals surface area contributed by atoms with E-state index in [-0.39, 0.29) is 35.8 Å². The molecule has 2 aliphatic heterocycles. The summed E-state index contributed by atoms with van der Waals surface area (Å²) in [7, 11) is 0. The highest BCUT2D eigenvalue weighted by atomic mass is 127. The van der Waals surface area contributed by atoms with Crippen LogP contribution < -0.4 is 16.0 Å². The van der Waals surface area contributed by atoms with Gasteiger partial charge in [0.05, 0.1) is 0 Å². The maximum Gasteiger partial charge on any atom is 0.225 e. The van der Waals surface area contributed by atoms with Crippen LogP contribution in [-0.4, -0.2) is 55.5 Å². The number of nitrogens with zero attached hydrogens (tertiary/aromatic N) is 2. The maximum atomic E-state index is 12.0. The fourth-order valence-corrected chi connectivity index (χ4v) is 4.25. The zero-order chi connectivity index (χ0) is 18.6. The number of halogens is 1. The number of aliphatic imine (C=N–C) groups is 1. The van der Waals surface area contributed by atoms with Crippen molar-refractivity contribution < 1.29 is 4.79 Å². The normalized spacial score (nSPS) is 24.9. The highest BCUT2D eigenvalue weighted by Crippen LogP contribution is 2.32. The van der Waals surface area contributed by atoms with Gasteiger partial charge in [0.25, 0.3) is 0 Å². The van der Waals surface area contributed by atoms with Gasteiger partial charge in [0.15, 0.2) is 5.96 Å². The molecule has 3 N–H and O–H groups in total. The lowest BCUT2D eigenvalue weighted by Gasteiger charge is -2.26. The molecule has 0 radical (unpaired) electrons. The molecule has 7 heteroatoms. The zero-order valence-corrected chi connectivity index (χ0v) is 18.9. The van der Waals surface area contributed by atoms with Crippen LogP contribution in [0.25, 0.3) is 0 Å². The Morgan fingerprint density at radius 3 is 2.86 bits per heavy atom. The molecule has 28 heavy (non-hydrogen) atoms. The van der Waals surface area contributed by atoms with E-state index in [1.807, 2.05) is 18.2 Å². The first-order valence-corrected chi connectivity index (χ1v) is 10.4. The number of hydrogen-bond donors (Lipinski definition) is 3. The first-order chi connectivity index (χ1) is 13.2. The maximum absolute atomic E-state index is 12.0. The summed E-state index contributed by atoms with van der Waals surface area (Å²) in [6, 6.07) is 8.95. The van der Waals surface area contributed by atoms with E-state index in [1.165, 1.54) is 37.9 Å². The molecule has 3 aliphatic rings. The van der Waals surface area contributed by atoms with Crippen molar-refractivity contribution in [2.75, 3.05) is 38.0 Å². The fourth-order valence-electron chi connectivity index (χ4n) is 4.25. The number of amides is 1. The smallest absolute Gasteiger partial charge is 0.225 e. The van der Waals surface area contributed by atoms with Crippen LogP contribution >= 0.6 is 24.0 Å². The number of fused-ring (bicyclic) bond motifs is 1. The van der Waals surface area contributed by atoms with Crippen molar-refractivity contribution in [3.8, 4) is 0 Å². The van der Waals surface area contributed by atoms with Crippen LogP contribution in [0.15, 0.2) is 29.3 Å². The summed E-state index contributed by atoms with van der Waals surface area (Å²) in [5.41, 5.74) is 2.14. The average Bonchev–Trinajstić information content (AvgIpc) is 3.42. The predicted octanol–water partition coefficient (Wildman–Crippen LogP) is 2.77. The Hall–Kier alpha value is -1.35. The van der Waals surface area contributed by atoms with E-state index in [2.05, 4.69) is 33.8 Å². The van der Waals surface area contributed by atoms with Gasteiger partial charge in [-0.05, 0) is 50.3 Å². The number of anilines is 1. The van der Waals surface area contributed by atoms with Gasteiger partial charge in [-0.2, -0.15) is 0 Å². The van der Waals surface area contributed by atoms with E-state index in [9.17, 15) is 4.79 Å². The second-order valence-corrected chi connectivity index (χ2v) is 8.02. The average molecular weight is 497 g/mol. The first kappa shape index (κ1) is 21.4. The molecule has 1 aromatic carbocycles. The van der Waals surface area contributed by atoms with Gasteiger partial charge in [-0.15, -0.1) is 24.0 Å². The molecule has 1 aliphatic carbocycles. The van der Waals surface area contributed by atoms with Gasteiger partial charge in [-0.3, -0.25) is 9.79 Å². The first-order valence-electron chi connectivity index (χ1n) is 10.4. The van der Waals surface area contributed by atoms with Crippen LogP contribution in [-0.2, 0) is 4.79 Å². The molecule has 6 nitrogen and oxygen atoms in total. The minimum atomic E-state index is 0. The molecule has 2 unspecified atom stereocenters. The van der Waals surface area contributed by atoms with Gasteiger partial charge in [0, 0.05) is 50.2 Å². The molecule has 1 aromatic rings. The third-order valence-corrected chi connectivity index (χ3v) is 5.85. The molecule has 2 heterocycles. The molecular weight excluding hydrogens is 465 g/mol.